The van der Waals surface area contributed by atoms with Crippen LogP contribution in [0.15, 0.2) is 12.3 Å². The SMILES string of the molecule is CCn1nc(C)c(CN[C@H]2CCO[C@@H]2c2ccn[nH]2)n1. The van der Waals surface area contributed by atoms with Gasteiger partial charge in [-0.1, -0.05) is 0 Å². The molecule has 3 heterocycles. The highest BCUT2D eigenvalue weighted by molar-refractivity contribution is 5.10. The highest BCUT2D eigenvalue weighted by Gasteiger charge is 2.30. The fourth-order valence-corrected chi connectivity index (χ4v) is 2.53. The Hall–Kier alpha value is -1.73. The van der Waals surface area contributed by atoms with Crippen LogP contribution in [0.25, 0.3) is 0 Å². The van der Waals surface area contributed by atoms with Gasteiger partial charge in [0, 0.05) is 25.4 Å². The largest absolute Gasteiger partial charge is 0.370 e. The molecule has 1 fully saturated rings. The number of rotatable bonds is 5. The van der Waals surface area contributed by atoms with E-state index in [1.165, 1.54) is 0 Å². The molecule has 2 aromatic heterocycles. The smallest absolute Gasteiger partial charge is 0.114 e. The van der Waals surface area contributed by atoms with Crippen LogP contribution in [0.5, 0.6) is 0 Å². The summed E-state index contributed by atoms with van der Waals surface area (Å²) in [5.74, 6) is 0. The number of ether oxygens (including phenoxy) is 1. The van der Waals surface area contributed by atoms with Crippen LogP contribution >= 0.6 is 0 Å². The van der Waals surface area contributed by atoms with Crippen molar-refractivity contribution in [3.8, 4) is 0 Å². The highest BCUT2D eigenvalue weighted by atomic mass is 16.5. The summed E-state index contributed by atoms with van der Waals surface area (Å²) in [6.07, 6.45) is 2.79. The lowest BCUT2D eigenvalue weighted by Crippen LogP contribution is -2.31. The van der Waals surface area contributed by atoms with Crippen LogP contribution in [-0.2, 0) is 17.8 Å². The van der Waals surface area contributed by atoms with E-state index in [0.717, 1.165) is 36.7 Å². The molecule has 7 heteroatoms. The van der Waals surface area contributed by atoms with Crippen molar-refractivity contribution in [1.29, 1.82) is 0 Å². The number of H-pyrrole nitrogens is 1. The van der Waals surface area contributed by atoms with Crippen LogP contribution in [0.3, 0.4) is 0 Å². The van der Waals surface area contributed by atoms with Crippen molar-refractivity contribution >= 4 is 0 Å². The van der Waals surface area contributed by atoms with E-state index in [4.69, 9.17) is 4.74 Å². The number of aromatic amines is 1. The predicted molar refractivity (Wildman–Crippen MR) is 73.0 cm³/mol. The first-order valence-corrected chi connectivity index (χ1v) is 7.02. The molecule has 7 nitrogen and oxygen atoms in total. The Morgan fingerprint density at radius 3 is 3.10 bits per heavy atom. The molecule has 0 amide bonds. The molecule has 1 aliphatic heterocycles. The standard InChI is InChI=1S/C13H20N6O/c1-3-19-17-9(2)12(18-19)8-14-10-5-7-20-13(10)11-4-6-15-16-11/h4,6,10,13-14H,3,5,7-8H2,1-2H3,(H,15,16)/t10-,13-/m0/s1. The van der Waals surface area contributed by atoms with Crippen molar-refractivity contribution in [2.45, 2.75) is 45.5 Å². The van der Waals surface area contributed by atoms with E-state index >= 15 is 0 Å². The van der Waals surface area contributed by atoms with Crippen molar-refractivity contribution in [2.24, 2.45) is 0 Å². The number of aromatic nitrogens is 5. The zero-order valence-corrected chi connectivity index (χ0v) is 11.8. The summed E-state index contributed by atoms with van der Waals surface area (Å²) in [5.41, 5.74) is 3.01. The highest BCUT2D eigenvalue weighted by Crippen LogP contribution is 2.27. The van der Waals surface area contributed by atoms with Crippen molar-refractivity contribution in [3.63, 3.8) is 0 Å². The third-order valence-electron chi connectivity index (χ3n) is 3.65. The maximum Gasteiger partial charge on any atom is 0.114 e. The van der Waals surface area contributed by atoms with Crippen LogP contribution in [0.1, 0.15) is 36.5 Å². The summed E-state index contributed by atoms with van der Waals surface area (Å²) in [7, 11) is 0. The van der Waals surface area contributed by atoms with Crippen molar-refractivity contribution in [3.05, 3.63) is 29.3 Å². The molecule has 0 saturated carbocycles. The van der Waals surface area contributed by atoms with Gasteiger partial charge in [-0.3, -0.25) is 5.10 Å². The molecule has 2 N–H and O–H groups in total. The van der Waals surface area contributed by atoms with E-state index in [2.05, 4.69) is 25.7 Å². The van der Waals surface area contributed by atoms with E-state index in [9.17, 15) is 0 Å². The van der Waals surface area contributed by atoms with Crippen LogP contribution in [-0.4, -0.2) is 37.8 Å². The van der Waals surface area contributed by atoms with Gasteiger partial charge in [-0.05, 0) is 26.3 Å². The van der Waals surface area contributed by atoms with Crippen LogP contribution in [0, 0.1) is 6.92 Å². The second-order valence-corrected chi connectivity index (χ2v) is 5.00. The Balaban J connectivity index is 1.64. The summed E-state index contributed by atoms with van der Waals surface area (Å²) in [6.45, 7) is 6.31. The molecule has 0 unspecified atom stereocenters. The topological polar surface area (TPSA) is 80.6 Å². The molecule has 0 aliphatic carbocycles. The van der Waals surface area contributed by atoms with Gasteiger partial charge in [0.1, 0.15) is 6.10 Å². The molecular formula is C13H20N6O. The normalized spacial score (nSPS) is 22.5. The van der Waals surface area contributed by atoms with E-state index in [0.29, 0.717) is 6.54 Å². The molecule has 1 aliphatic rings. The van der Waals surface area contributed by atoms with Gasteiger partial charge in [-0.25, -0.2) is 0 Å². The molecule has 0 bridgehead atoms. The molecular weight excluding hydrogens is 256 g/mol. The van der Waals surface area contributed by atoms with Crippen LogP contribution in [0.4, 0.5) is 0 Å². The van der Waals surface area contributed by atoms with Gasteiger partial charge in [0.15, 0.2) is 0 Å². The van der Waals surface area contributed by atoms with Gasteiger partial charge in [-0.15, -0.1) is 0 Å². The molecule has 2 aromatic rings. The fraction of sp³-hybridized carbons (Fsp3) is 0.615. The summed E-state index contributed by atoms with van der Waals surface area (Å²) in [6, 6.07) is 2.24. The molecule has 0 radical (unpaired) electrons. The Morgan fingerprint density at radius 1 is 1.50 bits per heavy atom. The van der Waals surface area contributed by atoms with E-state index in [1.807, 2.05) is 19.9 Å². The molecule has 0 spiro atoms. The van der Waals surface area contributed by atoms with E-state index in [-0.39, 0.29) is 12.1 Å². The third kappa shape index (κ3) is 2.59. The van der Waals surface area contributed by atoms with Crippen molar-refractivity contribution in [1.82, 2.24) is 30.5 Å². The maximum atomic E-state index is 5.78. The summed E-state index contributed by atoms with van der Waals surface area (Å²) >= 11 is 0. The zero-order chi connectivity index (χ0) is 13.9. The monoisotopic (exact) mass is 276 g/mol. The van der Waals surface area contributed by atoms with Gasteiger partial charge >= 0.3 is 0 Å². The van der Waals surface area contributed by atoms with Gasteiger partial charge in [-0.2, -0.15) is 20.1 Å². The number of aryl methyl sites for hydroxylation is 2. The Kier molecular flexibility index (Phi) is 3.79. The minimum Gasteiger partial charge on any atom is -0.370 e. The molecule has 3 rings (SSSR count). The summed E-state index contributed by atoms with van der Waals surface area (Å²) in [5, 5.41) is 19.3. The molecule has 2 atom stereocenters. The lowest BCUT2D eigenvalue weighted by Gasteiger charge is -2.18. The Morgan fingerprint density at radius 2 is 2.40 bits per heavy atom. The average Bonchev–Trinajstić information content (AvgIpc) is 3.16. The number of hydrogen-bond donors (Lipinski definition) is 2. The van der Waals surface area contributed by atoms with Gasteiger partial charge in [0.25, 0.3) is 0 Å². The van der Waals surface area contributed by atoms with E-state index < -0.39 is 0 Å². The average molecular weight is 276 g/mol. The lowest BCUT2D eigenvalue weighted by atomic mass is 10.1. The van der Waals surface area contributed by atoms with Gasteiger partial charge < -0.3 is 10.1 Å². The molecule has 0 aromatic carbocycles. The minimum atomic E-state index is 0.0408. The summed E-state index contributed by atoms with van der Waals surface area (Å²) < 4.78 is 5.78. The number of nitrogens with zero attached hydrogens (tertiary/aromatic N) is 4. The van der Waals surface area contributed by atoms with Crippen LogP contribution < -0.4 is 5.32 Å². The summed E-state index contributed by atoms with van der Waals surface area (Å²) in [4.78, 5) is 1.73. The number of hydrogen-bond acceptors (Lipinski definition) is 5. The Labute approximate surface area is 117 Å². The van der Waals surface area contributed by atoms with Crippen molar-refractivity contribution in [2.75, 3.05) is 6.61 Å². The Bertz CT molecular complexity index is 549. The fourth-order valence-electron chi connectivity index (χ4n) is 2.53. The first-order chi connectivity index (χ1) is 9.78. The molecule has 108 valence electrons. The van der Waals surface area contributed by atoms with Crippen molar-refractivity contribution < 1.29 is 4.74 Å². The molecule has 20 heavy (non-hydrogen) atoms. The number of nitrogens with one attached hydrogen (secondary N) is 2. The van der Waals surface area contributed by atoms with Gasteiger partial charge in [0.05, 0.1) is 23.6 Å². The van der Waals surface area contributed by atoms with Crippen LogP contribution in [0.2, 0.25) is 0 Å². The quantitative estimate of drug-likeness (QED) is 0.850. The first-order valence-electron chi connectivity index (χ1n) is 7.02. The molecule has 1 saturated heterocycles. The minimum absolute atomic E-state index is 0.0408. The van der Waals surface area contributed by atoms with Gasteiger partial charge in [0.2, 0.25) is 0 Å². The second-order valence-electron chi connectivity index (χ2n) is 5.00. The third-order valence-corrected chi connectivity index (χ3v) is 3.65. The first kappa shape index (κ1) is 13.3. The zero-order valence-electron chi connectivity index (χ0n) is 11.8. The lowest BCUT2D eigenvalue weighted by molar-refractivity contribution is 0.0950. The second kappa shape index (κ2) is 5.72. The van der Waals surface area contributed by atoms with E-state index in [1.54, 1.807) is 11.0 Å². The maximum absolute atomic E-state index is 5.78. The predicted octanol–water partition coefficient (Wildman–Crippen LogP) is 0.949.